The number of carbonyl (C=O) groups is 1. The molecule has 1 amide bonds. The number of benzene rings is 2. The first-order chi connectivity index (χ1) is 18.2. The molecule has 0 radical (unpaired) electrons. The summed E-state index contributed by atoms with van der Waals surface area (Å²) in [6, 6.07) is 15.6. The fraction of sp³-hybridized carbons (Fsp3) is 0.310. The second kappa shape index (κ2) is 11.6. The Balaban J connectivity index is 1.90. The highest BCUT2D eigenvalue weighted by Gasteiger charge is 2.39. The fourth-order valence-electron chi connectivity index (χ4n) is 4.48. The summed E-state index contributed by atoms with van der Waals surface area (Å²) in [6.45, 7) is 7.14. The average molecular weight is 519 g/mol. The van der Waals surface area contributed by atoms with Gasteiger partial charge in [-0.2, -0.15) is 5.10 Å². The smallest absolute Gasteiger partial charge is 0.254 e. The van der Waals surface area contributed by atoms with E-state index < -0.39 is 23.1 Å². The standard InChI is InChI=1S/C29H32F2N6O/c1-29(2,3)25(36(17-7-14-32)28(38)21-12-15-33-16-13-21)27-34-26(23-18-22(30)10-11-24(23)31)35-37(27)19-20-8-5-4-6-9-20/h4-6,8-13,15-16,18,25H,7,14,17,19,32H2,1-3H3/t25-/m0/s1. The van der Waals surface area contributed by atoms with Gasteiger partial charge in [-0.25, -0.2) is 18.4 Å². The highest BCUT2D eigenvalue weighted by atomic mass is 19.1. The first-order valence-corrected chi connectivity index (χ1v) is 12.5. The van der Waals surface area contributed by atoms with Crippen LogP contribution in [-0.4, -0.2) is 43.6 Å². The zero-order chi connectivity index (χ0) is 27.3. The van der Waals surface area contributed by atoms with Gasteiger partial charge in [-0.05, 0) is 54.3 Å². The van der Waals surface area contributed by atoms with Gasteiger partial charge < -0.3 is 10.6 Å². The van der Waals surface area contributed by atoms with Crippen molar-refractivity contribution in [2.45, 2.75) is 39.8 Å². The Morgan fingerprint density at radius 1 is 1.05 bits per heavy atom. The molecule has 0 aliphatic carbocycles. The molecule has 0 spiro atoms. The van der Waals surface area contributed by atoms with Gasteiger partial charge in [-0.3, -0.25) is 9.78 Å². The van der Waals surface area contributed by atoms with E-state index in [-0.39, 0.29) is 17.3 Å². The number of amides is 1. The first-order valence-electron chi connectivity index (χ1n) is 12.5. The maximum absolute atomic E-state index is 14.8. The van der Waals surface area contributed by atoms with Gasteiger partial charge in [0.05, 0.1) is 18.2 Å². The van der Waals surface area contributed by atoms with Crippen molar-refractivity contribution in [1.82, 2.24) is 24.6 Å². The summed E-state index contributed by atoms with van der Waals surface area (Å²) in [7, 11) is 0. The van der Waals surface area contributed by atoms with E-state index in [0.717, 1.165) is 23.8 Å². The normalized spacial score (nSPS) is 12.4. The zero-order valence-electron chi connectivity index (χ0n) is 21.8. The minimum Gasteiger partial charge on any atom is -0.330 e. The summed E-state index contributed by atoms with van der Waals surface area (Å²) in [6.07, 6.45) is 3.72. The lowest BCUT2D eigenvalue weighted by molar-refractivity contribution is 0.0479. The van der Waals surface area contributed by atoms with Gasteiger partial charge in [0.25, 0.3) is 5.91 Å². The average Bonchev–Trinajstić information content (AvgIpc) is 3.30. The Morgan fingerprint density at radius 2 is 1.76 bits per heavy atom. The Kier molecular flexibility index (Phi) is 8.26. The monoisotopic (exact) mass is 518 g/mol. The third-order valence-corrected chi connectivity index (χ3v) is 6.21. The summed E-state index contributed by atoms with van der Waals surface area (Å²) in [5, 5.41) is 4.63. The van der Waals surface area contributed by atoms with Gasteiger partial charge in [-0.1, -0.05) is 51.1 Å². The van der Waals surface area contributed by atoms with Crippen molar-refractivity contribution in [2.24, 2.45) is 11.1 Å². The number of nitrogens with zero attached hydrogens (tertiary/aromatic N) is 5. The van der Waals surface area contributed by atoms with Crippen LogP contribution in [0.1, 0.15) is 55.0 Å². The van der Waals surface area contributed by atoms with Gasteiger partial charge in [0, 0.05) is 24.5 Å². The van der Waals surface area contributed by atoms with Crippen molar-refractivity contribution >= 4 is 5.91 Å². The minimum absolute atomic E-state index is 0.0420. The lowest BCUT2D eigenvalue weighted by Gasteiger charge is -2.39. The van der Waals surface area contributed by atoms with Gasteiger partial charge in [-0.15, -0.1) is 0 Å². The number of rotatable bonds is 9. The summed E-state index contributed by atoms with van der Waals surface area (Å²) in [4.78, 5) is 24.4. The second-order valence-corrected chi connectivity index (χ2v) is 10.2. The Hall–Kier alpha value is -3.98. The molecule has 0 aliphatic heterocycles. The van der Waals surface area contributed by atoms with Gasteiger partial charge >= 0.3 is 0 Å². The van der Waals surface area contributed by atoms with Crippen molar-refractivity contribution in [3.8, 4) is 11.4 Å². The van der Waals surface area contributed by atoms with E-state index in [9.17, 15) is 13.6 Å². The third-order valence-electron chi connectivity index (χ3n) is 6.21. The molecule has 2 aromatic heterocycles. The quantitative estimate of drug-likeness (QED) is 0.327. The molecule has 0 fully saturated rings. The number of carbonyl (C=O) groups excluding carboxylic acids is 1. The van der Waals surface area contributed by atoms with Crippen molar-refractivity contribution in [2.75, 3.05) is 13.1 Å². The van der Waals surface area contributed by atoms with Crippen LogP contribution in [0.3, 0.4) is 0 Å². The number of aromatic nitrogens is 4. The molecule has 0 bridgehead atoms. The van der Waals surface area contributed by atoms with Crippen LogP contribution < -0.4 is 5.73 Å². The lowest BCUT2D eigenvalue weighted by Crippen LogP contribution is -2.43. The molecule has 0 saturated carbocycles. The predicted molar refractivity (Wildman–Crippen MR) is 142 cm³/mol. The molecule has 2 N–H and O–H groups in total. The van der Waals surface area contributed by atoms with Crippen LogP contribution in [0.5, 0.6) is 0 Å². The third kappa shape index (κ3) is 6.11. The molecule has 38 heavy (non-hydrogen) atoms. The van der Waals surface area contributed by atoms with E-state index in [4.69, 9.17) is 10.7 Å². The first kappa shape index (κ1) is 27.1. The molecule has 1 atom stereocenters. The summed E-state index contributed by atoms with van der Waals surface area (Å²) in [5.41, 5.74) is 6.74. The number of hydrogen-bond acceptors (Lipinski definition) is 5. The molecule has 198 valence electrons. The van der Waals surface area contributed by atoms with Crippen LogP contribution in [0.2, 0.25) is 0 Å². The highest BCUT2D eigenvalue weighted by molar-refractivity contribution is 5.94. The second-order valence-electron chi connectivity index (χ2n) is 10.2. The summed E-state index contributed by atoms with van der Waals surface area (Å²) in [5.74, 6) is -0.896. The molecule has 0 aliphatic rings. The Labute approximate surface area is 221 Å². The maximum Gasteiger partial charge on any atom is 0.254 e. The lowest BCUT2D eigenvalue weighted by atomic mass is 9.84. The van der Waals surface area contributed by atoms with Crippen LogP contribution in [0.25, 0.3) is 11.4 Å². The molecule has 9 heteroatoms. The highest BCUT2D eigenvalue weighted by Crippen LogP contribution is 2.39. The Morgan fingerprint density at radius 3 is 2.42 bits per heavy atom. The SMILES string of the molecule is CC(C)(C)[C@H](c1nc(-c2cc(F)ccc2F)nn1Cc1ccccc1)N(CCCN)C(=O)c1ccncc1. The molecule has 0 saturated heterocycles. The van der Waals surface area contributed by atoms with Crippen molar-refractivity contribution in [3.05, 3.63) is 102 Å². The van der Waals surface area contributed by atoms with E-state index in [1.807, 2.05) is 51.1 Å². The number of pyridine rings is 1. The molecular weight excluding hydrogens is 486 g/mol. The topological polar surface area (TPSA) is 89.9 Å². The van der Waals surface area contributed by atoms with Gasteiger partial charge in [0.2, 0.25) is 0 Å². The van der Waals surface area contributed by atoms with Crippen molar-refractivity contribution < 1.29 is 13.6 Å². The van der Waals surface area contributed by atoms with Crippen LogP contribution in [-0.2, 0) is 6.54 Å². The Bertz CT molecular complexity index is 1370. The largest absolute Gasteiger partial charge is 0.330 e. The molecule has 0 unspecified atom stereocenters. The van der Waals surface area contributed by atoms with Crippen molar-refractivity contribution in [3.63, 3.8) is 0 Å². The molecule has 2 aromatic carbocycles. The fourth-order valence-corrected chi connectivity index (χ4v) is 4.48. The molecule has 2 heterocycles. The molecule has 4 aromatic rings. The predicted octanol–water partition coefficient (Wildman–Crippen LogP) is 5.25. The van der Waals surface area contributed by atoms with Crippen LogP contribution in [0.4, 0.5) is 8.78 Å². The van der Waals surface area contributed by atoms with Crippen LogP contribution >= 0.6 is 0 Å². The number of halogens is 2. The van der Waals surface area contributed by atoms with Gasteiger partial charge in [0.15, 0.2) is 11.6 Å². The van der Waals surface area contributed by atoms with Crippen LogP contribution in [0, 0.1) is 17.0 Å². The molecule has 7 nitrogen and oxygen atoms in total. The summed E-state index contributed by atoms with van der Waals surface area (Å²) < 4.78 is 30.6. The van der Waals surface area contributed by atoms with E-state index in [2.05, 4.69) is 10.1 Å². The van der Waals surface area contributed by atoms with E-state index in [1.165, 1.54) is 0 Å². The minimum atomic E-state index is -0.630. The molecule has 4 rings (SSSR count). The summed E-state index contributed by atoms with van der Waals surface area (Å²) >= 11 is 0. The number of hydrogen-bond donors (Lipinski definition) is 1. The number of nitrogens with two attached hydrogens (primary N) is 1. The van der Waals surface area contributed by atoms with E-state index >= 15 is 0 Å². The van der Waals surface area contributed by atoms with E-state index in [1.54, 1.807) is 34.1 Å². The zero-order valence-corrected chi connectivity index (χ0v) is 21.8. The van der Waals surface area contributed by atoms with Crippen molar-refractivity contribution in [1.29, 1.82) is 0 Å². The molecular formula is C29H32F2N6O. The van der Waals surface area contributed by atoms with E-state index in [0.29, 0.717) is 37.4 Å². The van der Waals surface area contributed by atoms with Gasteiger partial charge in [0.1, 0.15) is 11.6 Å². The maximum atomic E-state index is 14.8. The van der Waals surface area contributed by atoms with Crippen LogP contribution in [0.15, 0.2) is 73.1 Å².